The number of ketones is 1. The number of rotatable bonds is 4. The third kappa shape index (κ3) is 3.19. The first-order chi connectivity index (χ1) is 12.0. The van der Waals surface area contributed by atoms with E-state index in [1.165, 1.54) is 20.1 Å². The fourth-order valence-electron chi connectivity index (χ4n) is 2.56. The van der Waals surface area contributed by atoms with E-state index < -0.39 is 5.97 Å². The second kappa shape index (κ2) is 6.68. The standard InChI is InChI=1S/C19H16O6/c1-11(20)24-13-7-8-14-16(10-13)25-17(18(14)21)9-12-5-4-6-15(22-2)19(12)23-3/h4-10H,1-3H3. The van der Waals surface area contributed by atoms with Gasteiger partial charge in [-0.1, -0.05) is 12.1 Å². The Kier molecular flexibility index (Phi) is 4.43. The van der Waals surface area contributed by atoms with Crippen LogP contribution in [0.1, 0.15) is 22.8 Å². The van der Waals surface area contributed by atoms with Crippen LogP contribution in [0.4, 0.5) is 0 Å². The van der Waals surface area contributed by atoms with Gasteiger partial charge in [0, 0.05) is 18.6 Å². The molecule has 1 aliphatic heterocycles. The fourth-order valence-corrected chi connectivity index (χ4v) is 2.56. The van der Waals surface area contributed by atoms with Crippen LogP contribution in [0.5, 0.6) is 23.0 Å². The van der Waals surface area contributed by atoms with E-state index in [2.05, 4.69) is 0 Å². The first-order valence-electron chi connectivity index (χ1n) is 7.51. The highest BCUT2D eigenvalue weighted by Gasteiger charge is 2.28. The topological polar surface area (TPSA) is 71.1 Å². The van der Waals surface area contributed by atoms with Crippen molar-refractivity contribution < 1.29 is 28.5 Å². The summed E-state index contributed by atoms with van der Waals surface area (Å²) in [6.07, 6.45) is 1.59. The minimum atomic E-state index is -0.443. The van der Waals surface area contributed by atoms with Gasteiger partial charge in [0.15, 0.2) is 17.3 Å². The normalized spacial score (nSPS) is 14.0. The smallest absolute Gasteiger partial charge is 0.308 e. The minimum Gasteiger partial charge on any atom is -0.493 e. The maximum Gasteiger partial charge on any atom is 0.308 e. The Balaban J connectivity index is 1.96. The van der Waals surface area contributed by atoms with E-state index in [0.717, 1.165) is 0 Å². The Morgan fingerprint density at radius 1 is 1.12 bits per heavy atom. The Hall–Kier alpha value is -3.28. The van der Waals surface area contributed by atoms with E-state index in [0.29, 0.717) is 34.1 Å². The lowest BCUT2D eigenvalue weighted by atomic mass is 10.1. The number of esters is 1. The SMILES string of the molecule is COc1cccc(C=C2Oc3cc(OC(C)=O)ccc3C2=O)c1OC. The van der Waals surface area contributed by atoms with Gasteiger partial charge in [-0.3, -0.25) is 9.59 Å². The zero-order chi connectivity index (χ0) is 18.0. The zero-order valence-electron chi connectivity index (χ0n) is 14.0. The molecule has 6 heteroatoms. The van der Waals surface area contributed by atoms with Crippen molar-refractivity contribution in [2.45, 2.75) is 6.92 Å². The van der Waals surface area contributed by atoms with Crippen LogP contribution < -0.4 is 18.9 Å². The van der Waals surface area contributed by atoms with Gasteiger partial charge in [-0.15, -0.1) is 0 Å². The van der Waals surface area contributed by atoms with Crippen LogP contribution in [0.3, 0.4) is 0 Å². The maximum atomic E-state index is 12.5. The van der Waals surface area contributed by atoms with Crippen LogP contribution in [0.25, 0.3) is 6.08 Å². The van der Waals surface area contributed by atoms with E-state index in [1.807, 2.05) is 0 Å². The van der Waals surface area contributed by atoms with Gasteiger partial charge in [0.2, 0.25) is 5.78 Å². The number of Topliss-reactive ketones (excluding diaryl/α,β-unsaturated/α-hetero) is 1. The quantitative estimate of drug-likeness (QED) is 0.483. The number of allylic oxidation sites excluding steroid dienone is 1. The van der Waals surface area contributed by atoms with Crippen molar-refractivity contribution in [1.82, 2.24) is 0 Å². The van der Waals surface area contributed by atoms with Crippen molar-refractivity contribution in [2.75, 3.05) is 14.2 Å². The van der Waals surface area contributed by atoms with Crippen LogP contribution in [0, 0.1) is 0 Å². The summed E-state index contributed by atoms with van der Waals surface area (Å²) in [5, 5.41) is 0. The van der Waals surface area contributed by atoms with Crippen LogP contribution in [0.15, 0.2) is 42.2 Å². The molecule has 0 aromatic heterocycles. The summed E-state index contributed by atoms with van der Waals surface area (Å²) in [7, 11) is 3.07. The molecule has 0 saturated carbocycles. The summed E-state index contributed by atoms with van der Waals surface area (Å²) in [6.45, 7) is 1.31. The van der Waals surface area contributed by atoms with E-state index in [-0.39, 0.29) is 11.5 Å². The summed E-state index contributed by atoms with van der Waals surface area (Å²) in [5.74, 6) is 1.18. The lowest BCUT2D eigenvalue weighted by Gasteiger charge is -2.10. The van der Waals surface area contributed by atoms with E-state index in [4.69, 9.17) is 18.9 Å². The van der Waals surface area contributed by atoms with E-state index >= 15 is 0 Å². The number of hydrogen-bond donors (Lipinski definition) is 0. The van der Waals surface area contributed by atoms with Crippen LogP contribution >= 0.6 is 0 Å². The Morgan fingerprint density at radius 2 is 1.92 bits per heavy atom. The fraction of sp³-hybridized carbons (Fsp3) is 0.158. The molecule has 2 aromatic rings. The van der Waals surface area contributed by atoms with Crippen LogP contribution in [-0.2, 0) is 4.79 Å². The molecule has 0 atom stereocenters. The zero-order valence-corrected chi connectivity index (χ0v) is 14.0. The predicted octanol–water partition coefficient (Wildman–Crippen LogP) is 3.25. The molecule has 25 heavy (non-hydrogen) atoms. The molecule has 0 bridgehead atoms. The molecular formula is C19H16O6. The first-order valence-corrected chi connectivity index (χ1v) is 7.51. The largest absolute Gasteiger partial charge is 0.493 e. The molecule has 0 amide bonds. The summed E-state index contributed by atoms with van der Waals surface area (Å²) < 4.78 is 21.3. The van der Waals surface area contributed by atoms with Crippen molar-refractivity contribution in [3.8, 4) is 23.0 Å². The summed E-state index contributed by atoms with van der Waals surface area (Å²) in [4.78, 5) is 23.6. The number of para-hydroxylation sites is 1. The van der Waals surface area contributed by atoms with Gasteiger partial charge in [-0.2, -0.15) is 0 Å². The number of carbonyl (C=O) groups excluding carboxylic acids is 2. The molecule has 6 nitrogen and oxygen atoms in total. The van der Waals surface area contributed by atoms with Gasteiger partial charge in [0.25, 0.3) is 0 Å². The van der Waals surface area contributed by atoms with Gasteiger partial charge in [0.05, 0.1) is 19.8 Å². The van der Waals surface area contributed by atoms with Gasteiger partial charge < -0.3 is 18.9 Å². The van der Waals surface area contributed by atoms with Gasteiger partial charge in [-0.25, -0.2) is 0 Å². The molecule has 0 spiro atoms. The Morgan fingerprint density at radius 3 is 2.60 bits per heavy atom. The maximum absolute atomic E-state index is 12.5. The average molecular weight is 340 g/mol. The molecule has 0 saturated heterocycles. The number of methoxy groups -OCH3 is 2. The molecule has 0 aliphatic carbocycles. The molecule has 1 aliphatic rings. The molecule has 2 aromatic carbocycles. The van der Waals surface area contributed by atoms with E-state index in [1.54, 1.807) is 43.5 Å². The number of benzene rings is 2. The molecule has 0 N–H and O–H groups in total. The third-order valence-electron chi connectivity index (χ3n) is 3.62. The van der Waals surface area contributed by atoms with Gasteiger partial charge >= 0.3 is 5.97 Å². The van der Waals surface area contributed by atoms with Gasteiger partial charge in [-0.05, 0) is 24.3 Å². The molecule has 0 fully saturated rings. The molecule has 0 unspecified atom stereocenters. The van der Waals surface area contributed by atoms with Crippen molar-refractivity contribution in [3.63, 3.8) is 0 Å². The Labute approximate surface area is 144 Å². The first kappa shape index (κ1) is 16.6. The highest BCUT2D eigenvalue weighted by Crippen LogP contribution is 2.37. The molecule has 0 radical (unpaired) electrons. The molecular weight excluding hydrogens is 324 g/mol. The van der Waals surface area contributed by atoms with Crippen LogP contribution in [-0.4, -0.2) is 26.0 Å². The summed E-state index contributed by atoms with van der Waals surface area (Å²) in [6, 6.07) is 9.98. The second-order valence-corrected chi connectivity index (χ2v) is 5.27. The third-order valence-corrected chi connectivity index (χ3v) is 3.62. The summed E-state index contributed by atoms with van der Waals surface area (Å²) in [5.41, 5.74) is 1.06. The highest BCUT2D eigenvalue weighted by atomic mass is 16.5. The van der Waals surface area contributed by atoms with Crippen molar-refractivity contribution in [2.24, 2.45) is 0 Å². The van der Waals surface area contributed by atoms with Gasteiger partial charge in [0.1, 0.15) is 11.5 Å². The monoisotopic (exact) mass is 340 g/mol. The molecule has 3 rings (SSSR count). The Bertz CT molecular complexity index is 881. The molecule has 1 heterocycles. The second-order valence-electron chi connectivity index (χ2n) is 5.27. The number of ether oxygens (including phenoxy) is 4. The summed E-state index contributed by atoms with van der Waals surface area (Å²) >= 11 is 0. The number of carbonyl (C=O) groups is 2. The predicted molar refractivity (Wildman–Crippen MR) is 90.2 cm³/mol. The minimum absolute atomic E-state index is 0.154. The van der Waals surface area contributed by atoms with Crippen LogP contribution in [0.2, 0.25) is 0 Å². The average Bonchev–Trinajstić information content (AvgIpc) is 2.89. The lowest BCUT2D eigenvalue weighted by Crippen LogP contribution is -2.01. The lowest BCUT2D eigenvalue weighted by molar-refractivity contribution is -0.131. The highest BCUT2D eigenvalue weighted by molar-refractivity contribution is 6.14. The van der Waals surface area contributed by atoms with Crippen molar-refractivity contribution in [3.05, 3.63) is 53.3 Å². The van der Waals surface area contributed by atoms with Crippen molar-refractivity contribution in [1.29, 1.82) is 0 Å². The molecule has 128 valence electrons. The number of fused-ring (bicyclic) bond motifs is 1. The number of hydrogen-bond acceptors (Lipinski definition) is 6. The van der Waals surface area contributed by atoms with Crippen molar-refractivity contribution >= 4 is 17.8 Å². The van der Waals surface area contributed by atoms with E-state index in [9.17, 15) is 9.59 Å².